The lowest BCUT2D eigenvalue weighted by Crippen LogP contribution is -2.46. The van der Waals surface area contributed by atoms with Gasteiger partial charge in [0.15, 0.2) is 0 Å². The van der Waals surface area contributed by atoms with Crippen LogP contribution in [0.15, 0.2) is 24.3 Å². The standard InChI is InChI=1S/C20H31N5/c1-5-23-10-12-24(13-11-23)19-9-7-8-18(14-19)21-15-20-16(3)22-25(6-2)17(20)4/h7-9,14,21H,5-6,10-13,15H2,1-4H3. The van der Waals surface area contributed by atoms with Gasteiger partial charge in [-0.1, -0.05) is 13.0 Å². The molecular formula is C20H31N5. The van der Waals surface area contributed by atoms with Gasteiger partial charge in [0.1, 0.15) is 0 Å². The van der Waals surface area contributed by atoms with Crippen molar-refractivity contribution in [3.63, 3.8) is 0 Å². The molecule has 1 fully saturated rings. The van der Waals surface area contributed by atoms with Crippen LogP contribution in [0.5, 0.6) is 0 Å². The van der Waals surface area contributed by atoms with E-state index in [0.717, 1.165) is 51.5 Å². The van der Waals surface area contributed by atoms with Crippen molar-refractivity contribution in [2.45, 2.75) is 40.8 Å². The van der Waals surface area contributed by atoms with E-state index in [0.29, 0.717) is 0 Å². The first-order chi connectivity index (χ1) is 12.1. The van der Waals surface area contributed by atoms with Gasteiger partial charge in [-0.3, -0.25) is 4.68 Å². The molecule has 0 bridgehead atoms. The van der Waals surface area contributed by atoms with Crippen molar-refractivity contribution >= 4 is 11.4 Å². The second-order valence-electron chi connectivity index (χ2n) is 6.79. The number of hydrogen-bond donors (Lipinski definition) is 1. The predicted octanol–water partition coefficient (Wildman–Crippen LogP) is 3.27. The zero-order valence-electron chi connectivity index (χ0n) is 16.0. The lowest BCUT2D eigenvalue weighted by Gasteiger charge is -2.35. The molecule has 0 saturated carbocycles. The Morgan fingerprint density at radius 3 is 2.44 bits per heavy atom. The Hall–Kier alpha value is -2.01. The van der Waals surface area contributed by atoms with E-state index in [9.17, 15) is 0 Å². The van der Waals surface area contributed by atoms with Crippen LogP contribution in [0.25, 0.3) is 0 Å². The molecule has 0 radical (unpaired) electrons. The highest BCUT2D eigenvalue weighted by Crippen LogP contribution is 2.22. The summed E-state index contributed by atoms with van der Waals surface area (Å²) in [5.74, 6) is 0. The van der Waals surface area contributed by atoms with Crippen LogP contribution in [0.1, 0.15) is 30.8 Å². The Labute approximate surface area is 151 Å². The van der Waals surface area contributed by atoms with Crippen LogP contribution in [-0.4, -0.2) is 47.4 Å². The number of benzene rings is 1. The number of piperazine rings is 1. The number of likely N-dealkylation sites (N-methyl/N-ethyl adjacent to an activating group) is 1. The molecule has 1 aromatic heterocycles. The average Bonchev–Trinajstić information content (AvgIpc) is 2.93. The first-order valence-corrected chi connectivity index (χ1v) is 9.46. The molecule has 1 N–H and O–H groups in total. The Bertz CT molecular complexity index is 698. The summed E-state index contributed by atoms with van der Waals surface area (Å²) in [5.41, 5.74) is 6.19. The smallest absolute Gasteiger partial charge is 0.0646 e. The molecule has 136 valence electrons. The maximum atomic E-state index is 4.61. The minimum Gasteiger partial charge on any atom is -0.381 e. The summed E-state index contributed by atoms with van der Waals surface area (Å²) in [4.78, 5) is 5.00. The van der Waals surface area contributed by atoms with E-state index in [1.54, 1.807) is 0 Å². The first-order valence-electron chi connectivity index (χ1n) is 9.46. The van der Waals surface area contributed by atoms with Gasteiger partial charge in [0, 0.05) is 61.9 Å². The molecule has 1 aliphatic rings. The summed E-state index contributed by atoms with van der Waals surface area (Å²) in [7, 11) is 0. The Morgan fingerprint density at radius 2 is 1.80 bits per heavy atom. The van der Waals surface area contributed by atoms with Crippen molar-refractivity contribution < 1.29 is 0 Å². The van der Waals surface area contributed by atoms with Crippen LogP contribution in [0.3, 0.4) is 0 Å². The van der Waals surface area contributed by atoms with Crippen LogP contribution in [0.2, 0.25) is 0 Å². The molecule has 2 heterocycles. The second kappa shape index (κ2) is 7.91. The normalized spacial score (nSPS) is 15.6. The molecule has 0 spiro atoms. The molecule has 0 unspecified atom stereocenters. The maximum Gasteiger partial charge on any atom is 0.0646 e. The van der Waals surface area contributed by atoms with Crippen LogP contribution >= 0.6 is 0 Å². The Balaban J connectivity index is 1.65. The molecular weight excluding hydrogens is 310 g/mol. The third-order valence-electron chi connectivity index (χ3n) is 5.33. The van der Waals surface area contributed by atoms with Gasteiger partial charge in [-0.2, -0.15) is 5.10 Å². The Morgan fingerprint density at radius 1 is 1.04 bits per heavy atom. The largest absolute Gasteiger partial charge is 0.381 e. The van der Waals surface area contributed by atoms with Crippen molar-refractivity contribution in [1.29, 1.82) is 0 Å². The van der Waals surface area contributed by atoms with Crippen molar-refractivity contribution in [2.75, 3.05) is 42.9 Å². The van der Waals surface area contributed by atoms with E-state index in [1.807, 2.05) is 0 Å². The van der Waals surface area contributed by atoms with E-state index in [1.165, 1.54) is 22.6 Å². The quantitative estimate of drug-likeness (QED) is 0.875. The van der Waals surface area contributed by atoms with Crippen LogP contribution in [0, 0.1) is 13.8 Å². The van der Waals surface area contributed by atoms with E-state index in [-0.39, 0.29) is 0 Å². The van der Waals surface area contributed by atoms with Gasteiger partial charge in [0.25, 0.3) is 0 Å². The summed E-state index contributed by atoms with van der Waals surface area (Å²) in [6, 6.07) is 8.80. The van der Waals surface area contributed by atoms with Crippen molar-refractivity contribution in [2.24, 2.45) is 0 Å². The molecule has 0 atom stereocenters. The molecule has 2 aromatic rings. The van der Waals surface area contributed by atoms with Gasteiger partial charge in [-0.25, -0.2) is 0 Å². The molecule has 0 amide bonds. The van der Waals surface area contributed by atoms with Gasteiger partial charge in [-0.15, -0.1) is 0 Å². The number of rotatable bonds is 6. The lowest BCUT2D eigenvalue weighted by atomic mass is 10.2. The van der Waals surface area contributed by atoms with Gasteiger partial charge >= 0.3 is 0 Å². The average molecular weight is 342 g/mol. The summed E-state index contributed by atoms with van der Waals surface area (Å²) < 4.78 is 2.08. The minimum absolute atomic E-state index is 0.824. The molecule has 5 nitrogen and oxygen atoms in total. The Kier molecular flexibility index (Phi) is 5.63. The number of aryl methyl sites for hydroxylation is 2. The molecule has 0 aliphatic carbocycles. The third kappa shape index (κ3) is 3.98. The van der Waals surface area contributed by atoms with E-state index in [2.05, 4.69) is 76.9 Å². The summed E-state index contributed by atoms with van der Waals surface area (Å²) in [6.45, 7) is 16.1. The monoisotopic (exact) mass is 341 g/mol. The van der Waals surface area contributed by atoms with Gasteiger partial charge in [0.05, 0.1) is 5.69 Å². The van der Waals surface area contributed by atoms with Gasteiger partial charge in [-0.05, 0) is 45.5 Å². The minimum atomic E-state index is 0.824. The highest BCUT2D eigenvalue weighted by Gasteiger charge is 2.16. The SMILES string of the molecule is CCN1CCN(c2cccc(NCc3c(C)nn(CC)c3C)c2)CC1. The van der Waals surface area contributed by atoms with Gasteiger partial charge in [0.2, 0.25) is 0 Å². The predicted molar refractivity (Wildman–Crippen MR) is 105 cm³/mol. The summed E-state index contributed by atoms with van der Waals surface area (Å²) in [5, 5.41) is 8.20. The number of nitrogens with zero attached hydrogens (tertiary/aromatic N) is 4. The van der Waals surface area contributed by atoms with Crippen molar-refractivity contribution in [3.05, 3.63) is 41.2 Å². The molecule has 5 heteroatoms. The topological polar surface area (TPSA) is 36.3 Å². The fourth-order valence-electron chi connectivity index (χ4n) is 3.62. The molecule has 1 saturated heterocycles. The molecule has 1 aromatic carbocycles. The van der Waals surface area contributed by atoms with Crippen LogP contribution < -0.4 is 10.2 Å². The van der Waals surface area contributed by atoms with Crippen LogP contribution in [-0.2, 0) is 13.1 Å². The highest BCUT2D eigenvalue weighted by molar-refractivity contribution is 5.58. The highest BCUT2D eigenvalue weighted by atomic mass is 15.3. The molecule has 1 aliphatic heterocycles. The molecule has 3 rings (SSSR count). The third-order valence-corrected chi connectivity index (χ3v) is 5.33. The van der Waals surface area contributed by atoms with Crippen molar-refractivity contribution in [3.8, 4) is 0 Å². The van der Waals surface area contributed by atoms with Gasteiger partial charge < -0.3 is 15.1 Å². The zero-order chi connectivity index (χ0) is 17.8. The fraction of sp³-hybridized carbons (Fsp3) is 0.550. The number of anilines is 2. The van der Waals surface area contributed by atoms with Crippen molar-refractivity contribution in [1.82, 2.24) is 14.7 Å². The summed E-state index contributed by atoms with van der Waals surface area (Å²) >= 11 is 0. The van der Waals surface area contributed by atoms with E-state index in [4.69, 9.17) is 0 Å². The lowest BCUT2D eigenvalue weighted by molar-refractivity contribution is 0.271. The fourth-order valence-corrected chi connectivity index (χ4v) is 3.62. The number of aromatic nitrogens is 2. The zero-order valence-corrected chi connectivity index (χ0v) is 16.0. The first kappa shape index (κ1) is 17.8. The maximum absolute atomic E-state index is 4.61. The number of hydrogen-bond acceptors (Lipinski definition) is 4. The van der Waals surface area contributed by atoms with Crippen LogP contribution in [0.4, 0.5) is 11.4 Å². The second-order valence-corrected chi connectivity index (χ2v) is 6.79. The number of nitrogens with one attached hydrogen (secondary N) is 1. The molecule has 25 heavy (non-hydrogen) atoms. The van der Waals surface area contributed by atoms with E-state index < -0.39 is 0 Å². The summed E-state index contributed by atoms with van der Waals surface area (Å²) in [6.07, 6.45) is 0. The van der Waals surface area contributed by atoms with E-state index >= 15 is 0 Å².